The lowest BCUT2D eigenvalue weighted by Crippen LogP contribution is -2.67. The van der Waals surface area contributed by atoms with Gasteiger partial charge in [0.25, 0.3) is 0 Å². The molecule has 2 aromatic rings. The first kappa shape index (κ1) is 18.4. The van der Waals surface area contributed by atoms with Gasteiger partial charge in [0, 0.05) is 44.7 Å². The number of rotatable bonds is 4. The summed E-state index contributed by atoms with van der Waals surface area (Å²) >= 11 is 0. The van der Waals surface area contributed by atoms with Crippen molar-refractivity contribution in [1.82, 2.24) is 10.2 Å². The number of hydrogen-bond donors (Lipinski definition) is 1. The molecule has 142 valence electrons. The predicted molar refractivity (Wildman–Crippen MR) is 112 cm³/mol. The van der Waals surface area contributed by atoms with Crippen LogP contribution in [0.15, 0.2) is 54.6 Å². The molecular weight excluding hydrogens is 332 g/mol. The van der Waals surface area contributed by atoms with Gasteiger partial charge in [0.1, 0.15) is 0 Å². The highest BCUT2D eigenvalue weighted by Crippen LogP contribution is 2.41. The van der Waals surface area contributed by atoms with Crippen molar-refractivity contribution in [2.24, 2.45) is 0 Å². The van der Waals surface area contributed by atoms with Crippen LogP contribution >= 0.6 is 0 Å². The van der Waals surface area contributed by atoms with Crippen molar-refractivity contribution < 1.29 is 4.74 Å². The molecule has 3 atom stereocenters. The summed E-state index contributed by atoms with van der Waals surface area (Å²) in [6.07, 6.45) is 4.51. The summed E-state index contributed by atoms with van der Waals surface area (Å²) < 4.78 is 5.55. The smallest absolute Gasteiger partial charge is 0.0624 e. The van der Waals surface area contributed by atoms with E-state index < -0.39 is 0 Å². The molecule has 2 heterocycles. The molecule has 0 aromatic heterocycles. The summed E-state index contributed by atoms with van der Waals surface area (Å²) in [5, 5.41) is 3.56. The Bertz CT molecular complexity index is 812. The zero-order valence-electron chi connectivity index (χ0n) is 16.6. The molecule has 0 bridgehead atoms. The first-order chi connectivity index (χ1) is 13.2. The Kier molecular flexibility index (Phi) is 5.44. The van der Waals surface area contributed by atoms with Crippen molar-refractivity contribution in [3.63, 3.8) is 0 Å². The lowest BCUT2D eigenvalue weighted by atomic mass is 9.74. The molecular formula is C24H30N2O. The SMILES string of the molecule is COC[C@@H]1C(c2ccc(-c3cccc(C)c3C)cc2)[C@@H]2CNC/C=C\CN12. The number of nitrogens with one attached hydrogen (secondary N) is 1. The number of aryl methyl sites for hydroxylation is 1. The standard InChI is InChI=1S/C24H30N2O/c1-17-7-6-8-21(18(17)2)19-9-11-20(12-10-19)24-22-15-25-13-4-5-14-26(22)23(24)16-27-3/h4-12,22-25H,13-16H2,1-3H3/b5-4-/t22-,23+,24?/m0/s1. The summed E-state index contributed by atoms with van der Waals surface area (Å²) in [4.78, 5) is 2.58. The van der Waals surface area contributed by atoms with Gasteiger partial charge in [-0.25, -0.2) is 0 Å². The maximum atomic E-state index is 5.55. The van der Waals surface area contributed by atoms with Gasteiger partial charge in [-0.05, 0) is 41.7 Å². The van der Waals surface area contributed by atoms with E-state index in [-0.39, 0.29) is 0 Å². The number of fused-ring (bicyclic) bond motifs is 1. The topological polar surface area (TPSA) is 24.5 Å². The van der Waals surface area contributed by atoms with Crippen molar-refractivity contribution in [3.05, 3.63) is 71.3 Å². The Labute approximate surface area is 163 Å². The number of hydrogen-bond acceptors (Lipinski definition) is 3. The van der Waals surface area contributed by atoms with Crippen molar-refractivity contribution in [2.75, 3.05) is 33.4 Å². The Morgan fingerprint density at radius 2 is 1.89 bits per heavy atom. The average molecular weight is 363 g/mol. The van der Waals surface area contributed by atoms with Crippen molar-refractivity contribution >= 4 is 0 Å². The van der Waals surface area contributed by atoms with Crippen LogP contribution < -0.4 is 5.32 Å². The molecule has 2 aliphatic heterocycles. The molecule has 3 nitrogen and oxygen atoms in total. The van der Waals surface area contributed by atoms with Crippen LogP contribution in [-0.4, -0.2) is 50.3 Å². The Morgan fingerprint density at radius 1 is 1.07 bits per heavy atom. The van der Waals surface area contributed by atoms with Gasteiger partial charge in [0.05, 0.1) is 6.61 Å². The maximum Gasteiger partial charge on any atom is 0.0624 e. The first-order valence-corrected chi connectivity index (χ1v) is 9.97. The molecule has 0 radical (unpaired) electrons. The molecule has 1 N–H and O–H groups in total. The fourth-order valence-electron chi connectivity index (χ4n) is 4.69. The third kappa shape index (κ3) is 3.47. The summed E-state index contributed by atoms with van der Waals surface area (Å²) in [5.74, 6) is 0.525. The number of nitrogens with zero attached hydrogens (tertiary/aromatic N) is 1. The second-order valence-electron chi connectivity index (χ2n) is 7.81. The first-order valence-electron chi connectivity index (χ1n) is 9.97. The third-order valence-electron chi connectivity index (χ3n) is 6.33. The number of methoxy groups -OCH3 is 1. The van der Waals surface area contributed by atoms with Gasteiger partial charge in [-0.1, -0.05) is 54.6 Å². The van der Waals surface area contributed by atoms with Crippen molar-refractivity contribution in [2.45, 2.75) is 31.8 Å². The normalized spacial score (nSPS) is 26.6. The minimum Gasteiger partial charge on any atom is -0.383 e. The Balaban J connectivity index is 1.60. The highest BCUT2D eigenvalue weighted by molar-refractivity contribution is 5.68. The third-order valence-corrected chi connectivity index (χ3v) is 6.33. The second kappa shape index (κ2) is 7.97. The Morgan fingerprint density at radius 3 is 2.67 bits per heavy atom. The summed E-state index contributed by atoms with van der Waals surface area (Å²) in [7, 11) is 1.81. The van der Waals surface area contributed by atoms with Gasteiger partial charge >= 0.3 is 0 Å². The fraction of sp³-hybridized carbons (Fsp3) is 0.417. The lowest BCUT2D eigenvalue weighted by Gasteiger charge is -2.55. The largest absolute Gasteiger partial charge is 0.383 e. The van der Waals surface area contributed by atoms with Crippen LogP contribution in [-0.2, 0) is 4.74 Å². The zero-order valence-corrected chi connectivity index (χ0v) is 16.6. The van der Waals surface area contributed by atoms with Gasteiger partial charge in [-0.2, -0.15) is 0 Å². The van der Waals surface area contributed by atoms with E-state index in [1.54, 1.807) is 0 Å². The van der Waals surface area contributed by atoms with E-state index >= 15 is 0 Å². The van der Waals surface area contributed by atoms with Gasteiger partial charge in [0.2, 0.25) is 0 Å². The fourth-order valence-corrected chi connectivity index (χ4v) is 4.69. The van der Waals surface area contributed by atoms with Gasteiger partial charge in [0.15, 0.2) is 0 Å². The zero-order chi connectivity index (χ0) is 18.8. The molecule has 0 spiro atoms. The average Bonchev–Trinajstić information content (AvgIpc) is 2.66. The minimum absolute atomic E-state index is 0.455. The number of ether oxygens (including phenoxy) is 1. The van der Waals surface area contributed by atoms with Crippen LogP contribution in [0.5, 0.6) is 0 Å². The molecule has 0 aliphatic carbocycles. The van der Waals surface area contributed by atoms with Crippen molar-refractivity contribution in [3.8, 4) is 11.1 Å². The molecule has 0 saturated carbocycles. The van der Waals surface area contributed by atoms with Gasteiger partial charge in [-0.3, -0.25) is 4.90 Å². The van der Waals surface area contributed by atoms with Gasteiger partial charge in [-0.15, -0.1) is 0 Å². The van der Waals surface area contributed by atoms with Gasteiger partial charge < -0.3 is 10.1 Å². The predicted octanol–water partition coefficient (Wildman–Crippen LogP) is 3.91. The van der Waals surface area contributed by atoms with Crippen LogP contribution in [0.3, 0.4) is 0 Å². The molecule has 2 aliphatic rings. The van der Waals surface area contributed by atoms with E-state index in [0.717, 1.165) is 26.2 Å². The highest BCUT2D eigenvalue weighted by Gasteiger charge is 2.48. The van der Waals surface area contributed by atoms with Crippen molar-refractivity contribution in [1.29, 1.82) is 0 Å². The van der Waals surface area contributed by atoms with Crippen LogP contribution in [0.1, 0.15) is 22.6 Å². The van der Waals surface area contributed by atoms with E-state index in [2.05, 4.69) is 78.7 Å². The second-order valence-corrected chi connectivity index (χ2v) is 7.81. The molecule has 1 saturated heterocycles. The van der Waals surface area contributed by atoms with E-state index in [0.29, 0.717) is 18.0 Å². The molecule has 1 fully saturated rings. The monoisotopic (exact) mass is 362 g/mol. The van der Waals surface area contributed by atoms with E-state index in [9.17, 15) is 0 Å². The maximum absolute atomic E-state index is 5.55. The van der Waals surface area contributed by atoms with Crippen LogP contribution in [0, 0.1) is 13.8 Å². The molecule has 3 heteroatoms. The van der Waals surface area contributed by atoms with Crippen LogP contribution in [0.2, 0.25) is 0 Å². The summed E-state index contributed by atoms with van der Waals surface area (Å²) in [6, 6.07) is 16.8. The highest BCUT2D eigenvalue weighted by atomic mass is 16.5. The lowest BCUT2D eigenvalue weighted by molar-refractivity contribution is -0.0440. The minimum atomic E-state index is 0.455. The van der Waals surface area contributed by atoms with E-state index in [1.807, 2.05) is 7.11 Å². The van der Waals surface area contributed by atoms with Crippen LogP contribution in [0.25, 0.3) is 11.1 Å². The molecule has 1 unspecified atom stereocenters. The van der Waals surface area contributed by atoms with E-state index in [1.165, 1.54) is 27.8 Å². The Hall–Kier alpha value is -1.94. The van der Waals surface area contributed by atoms with E-state index in [4.69, 9.17) is 4.74 Å². The molecule has 4 rings (SSSR count). The molecule has 27 heavy (non-hydrogen) atoms. The number of benzene rings is 2. The summed E-state index contributed by atoms with van der Waals surface area (Å²) in [6.45, 7) is 8.21. The molecule has 2 aromatic carbocycles. The summed E-state index contributed by atoms with van der Waals surface area (Å²) in [5.41, 5.74) is 6.79. The van der Waals surface area contributed by atoms with Crippen LogP contribution in [0.4, 0.5) is 0 Å². The quantitative estimate of drug-likeness (QED) is 0.835. The molecule has 0 amide bonds.